The number of aryl methyl sites for hydroxylation is 1. The lowest BCUT2D eigenvalue weighted by Crippen LogP contribution is -2.46. The van der Waals surface area contributed by atoms with E-state index in [1.807, 2.05) is 26.0 Å². The number of nitrogens with one attached hydrogen (secondary N) is 1. The highest BCUT2D eigenvalue weighted by Crippen LogP contribution is 2.35. The third-order valence-corrected chi connectivity index (χ3v) is 7.12. The Balaban J connectivity index is 1.54. The molecule has 1 N–H and O–H groups in total. The molecule has 3 aromatic rings. The van der Waals surface area contributed by atoms with E-state index in [1.54, 1.807) is 13.4 Å². The van der Waals surface area contributed by atoms with Gasteiger partial charge in [-0.1, -0.05) is 6.92 Å². The molecule has 3 heterocycles. The standard InChI is InChI=1S/C23H29N5O2S/c1-5-15(2)26-22(29)20-16(3)19-21(24-14-25-23(19)31-20)28-12-10-27(11-13-28)17-6-8-18(30-4)9-7-17/h6-9,14-15H,5,10-13H2,1-4H3,(H,26,29). The highest BCUT2D eigenvalue weighted by Gasteiger charge is 2.25. The maximum atomic E-state index is 12.8. The molecule has 8 heteroatoms. The van der Waals surface area contributed by atoms with Crippen molar-refractivity contribution in [1.82, 2.24) is 15.3 Å². The van der Waals surface area contributed by atoms with Gasteiger partial charge < -0.3 is 19.9 Å². The summed E-state index contributed by atoms with van der Waals surface area (Å²) in [7, 11) is 1.68. The van der Waals surface area contributed by atoms with Crippen LogP contribution in [0.4, 0.5) is 11.5 Å². The smallest absolute Gasteiger partial charge is 0.261 e. The van der Waals surface area contributed by atoms with Gasteiger partial charge in [0, 0.05) is 37.9 Å². The number of rotatable bonds is 6. The molecule has 0 spiro atoms. The topological polar surface area (TPSA) is 70.6 Å². The molecule has 1 fully saturated rings. The predicted octanol–water partition coefficient (Wildman–Crippen LogP) is 3.86. The molecule has 1 aliphatic rings. The van der Waals surface area contributed by atoms with Crippen molar-refractivity contribution in [2.24, 2.45) is 0 Å². The van der Waals surface area contributed by atoms with Crippen LogP contribution >= 0.6 is 11.3 Å². The third kappa shape index (κ3) is 4.30. The van der Waals surface area contributed by atoms with Crippen molar-refractivity contribution in [2.75, 3.05) is 43.1 Å². The predicted molar refractivity (Wildman–Crippen MR) is 127 cm³/mol. The molecule has 31 heavy (non-hydrogen) atoms. The van der Waals surface area contributed by atoms with Crippen LogP contribution in [-0.4, -0.2) is 55.2 Å². The van der Waals surface area contributed by atoms with E-state index < -0.39 is 0 Å². The zero-order chi connectivity index (χ0) is 22.0. The molecular formula is C23H29N5O2S. The summed E-state index contributed by atoms with van der Waals surface area (Å²) in [6, 6.07) is 8.34. The molecule has 2 aromatic heterocycles. The molecule has 1 atom stereocenters. The van der Waals surface area contributed by atoms with E-state index in [0.717, 1.165) is 64.8 Å². The first-order chi connectivity index (χ1) is 15.0. The quantitative estimate of drug-likeness (QED) is 0.629. The molecule has 1 aromatic carbocycles. The van der Waals surface area contributed by atoms with E-state index in [2.05, 4.69) is 44.1 Å². The number of methoxy groups -OCH3 is 1. The Kier molecular flexibility index (Phi) is 6.27. The summed E-state index contributed by atoms with van der Waals surface area (Å²) in [4.78, 5) is 28.1. The molecule has 0 radical (unpaired) electrons. The Morgan fingerprint density at radius 3 is 2.48 bits per heavy atom. The maximum Gasteiger partial charge on any atom is 0.261 e. The summed E-state index contributed by atoms with van der Waals surface area (Å²) < 4.78 is 5.26. The van der Waals surface area contributed by atoms with Crippen LogP contribution in [0, 0.1) is 6.92 Å². The fourth-order valence-electron chi connectivity index (χ4n) is 3.87. The average molecular weight is 440 g/mol. The summed E-state index contributed by atoms with van der Waals surface area (Å²) in [5.41, 5.74) is 2.16. The Labute approximate surface area is 187 Å². The lowest BCUT2D eigenvalue weighted by Gasteiger charge is -2.37. The van der Waals surface area contributed by atoms with Crippen molar-refractivity contribution in [3.63, 3.8) is 0 Å². The van der Waals surface area contributed by atoms with Crippen LogP contribution in [0.5, 0.6) is 5.75 Å². The molecule has 0 aliphatic carbocycles. The van der Waals surface area contributed by atoms with E-state index in [4.69, 9.17) is 4.74 Å². The van der Waals surface area contributed by atoms with E-state index >= 15 is 0 Å². The van der Waals surface area contributed by atoms with Gasteiger partial charge in [0.1, 0.15) is 22.7 Å². The number of hydrogen-bond donors (Lipinski definition) is 1. The van der Waals surface area contributed by atoms with Crippen molar-refractivity contribution in [2.45, 2.75) is 33.2 Å². The number of amides is 1. The number of nitrogens with zero attached hydrogens (tertiary/aromatic N) is 4. The second kappa shape index (κ2) is 9.09. The number of carbonyl (C=O) groups excluding carboxylic acids is 1. The number of piperazine rings is 1. The summed E-state index contributed by atoms with van der Waals surface area (Å²) in [6.07, 6.45) is 2.51. The maximum absolute atomic E-state index is 12.8. The van der Waals surface area contributed by atoms with Crippen LogP contribution < -0.4 is 19.9 Å². The highest BCUT2D eigenvalue weighted by atomic mass is 32.1. The van der Waals surface area contributed by atoms with Gasteiger partial charge in [-0.25, -0.2) is 9.97 Å². The first kappa shape index (κ1) is 21.4. The molecule has 0 bridgehead atoms. The van der Waals surface area contributed by atoms with Gasteiger partial charge in [-0.3, -0.25) is 4.79 Å². The number of hydrogen-bond acceptors (Lipinski definition) is 7. The van der Waals surface area contributed by atoms with Crippen LogP contribution in [0.2, 0.25) is 0 Å². The average Bonchev–Trinajstić information content (AvgIpc) is 3.16. The summed E-state index contributed by atoms with van der Waals surface area (Å²) in [5, 5.41) is 4.07. The summed E-state index contributed by atoms with van der Waals surface area (Å²) in [6.45, 7) is 9.63. The molecule has 1 amide bonds. The monoisotopic (exact) mass is 439 g/mol. The second-order valence-electron chi connectivity index (χ2n) is 7.89. The van der Waals surface area contributed by atoms with E-state index in [9.17, 15) is 4.79 Å². The second-order valence-corrected chi connectivity index (χ2v) is 8.89. The minimum Gasteiger partial charge on any atom is -0.497 e. The van der Waals surface area contributed by atoms with Gasteiger partial charge in [0.25, 0.3) is 5.91 Å². The van der Waals surface area contributed by atoms with E-state index in [-0.39, 0.29) is 11.9 Å². The van der Waals surface area contributed by atoms with Gasteiger partial charge in [-0.05, 0) is 50.1 Å². The lowest BCUT2D eigenvalue weighted by atomic mass is 10.1. The minimum absolute atomic E-state index is 0.0230. The van der Waals surface area contributed by atoms with Crippen molar-refractivity contribution in [3.05, 3.63) is 41.0 Å². The van der Waals surface area contributed by atoms with E-state index in [0.29, 0.717) is 0 Å². The Bertz CT molecular complexity index is 1060. The third-order valence-electron chi connectivity index (χ3n) is 5.92. The molecule has 0 saturated carbocycles. The highest BCUT2D eigenvalue weighted by molar-refractivity contribution is 7.20. The molecule has 1 unspecified atom stereocenters. The number of aromatic nitrogens is 2. The molecule has 4 rings (SSSR count). The first-order valence-corrected chi connectivity index (χ1v) is 11.5. The van der Waals surface area contributed by atoms with Gasteiger partial charge in [-0.15, -0.1) is 11.3 Å². The number of carbonyl (C=O) groups is 1. The number of anilines is 2. The Hall–Kier alpha value is -2.87. The molecule has 7 nitrogen and oxygen atoms in total. The molecule has 1 saturated heterocycles. The van der Waals surface area contributed by atoms with Gasteiger partial charge in [-0.2, -0.15) is 0 Å². The van der Waals surface area contributed by atoms with Crippen LogP contribution in [0.3, 0.4) is 0 Å². The lowest BCUT2D eigenvalue weighted by molar-refractivity contribution is 0.0943. The number of fused-ring (bicyclic) bond motifs is 1. The van der Waals surface area contributed by atoms with Gasteiger partial charge >= 0.3 is 0 Å². The number of ether oxygens (including phenoxy) is 1. The van der Waals surface area contributed by atoms with Gasteiger partial charge in [0.05, 0.1) is 17.4 Å². The Morgan fingerprint density at radius 1 is 1.16 bits per heavy atom. The fraction of sp³-hybridized carbons (Fsp3) is 0.435. The number of benzene rings is 1. The molecule has 1 aliphatic heterocycles. The number of thiophene rings is 1. The first-order valence-electron chi connectivity index (χ1n) is 10.7. The zero-order valence-electron chi connectivity index (χ0n) is 18.5. The largest absolute Gasteiger partial charge is 0.497 e. The SMILES string of the molecule is CCC(C)NC(=O)c1sc2ncnc(N3CCN(c4ccc(OC)cc4)CC3)c2c1C. The van der Waals surface area contributed by atoms with Crippen molar-refractivity contribution >= 4 is 39.0 Å². The van der Waals surface area contributed by atoms with Crippen LogP contribution in [0.1, 0.15) is 35.5 Å². The van der Waals surface area contributed by atoms with Crippen molar-refractivity contribution in [3.8, 4) is 5.75 Å². The summed E-state index contributed by atoms with van der Waals surface area (Å²) >= 11 is 1.45. The summed E-state index contributed by atoms with van der Waals surface area (Å²) in [5.74, 6) is 1.77. The van der Waals surface area contributed by atoms with E-state index in [1.165, 1.54) is 17.0 Å². The van der Waals surface area contributed by atoms with Crippen molar-refractivity contribution < 1.29 is 9.53 Å². The fourth-order valence-corrected chi connectivity index (χ4v) is 4.92. The molecular weight excluding hydrogens is 410 g/mol. The van der Waals surface area contributed by atoms with Crippen molar-refractivity contribution in [1.29, 1.82) is 0 Å². The van der Waals surface area contributed by atoms with Crippen LogP contribution in [0.25, 0.3) is 10.2 Å². The van der Waals surface area contributed by atoms with Gasteiger partial charge in [0.15, 0.2) is 0 Å². The van der Waals surface area contributed by atoms with Crippen LogP contribution in [0.15, 0.2) is 30.6 Å². The Morgan fingerprint density at radius 2 is 1.84 bits per heavy atom. The normalized spacial score (nSPS) is 15.2. The minimum atomic E-state index is -0.0230. The van der Waals surface area contributed by atoms with Gasteiger partial charge in [0.2, 0.25) is 0 Å². The van der Waals surface area contributed by atoms with Crippen LogP contribution in [-0.2, 0) is 0 Å². The molecule has 164 valence electrons. The zero-order valence-corrected chi connectivity index (χ0v) is 19.3.